The van der Waals surface area contributed by atoms with E-state index >= 15 is 0 Å². The first kappa shape index (κ1) is 18.7. The molecule has 0 bridgehead atoms. The molecule has 1 aromatic heterocycles. The van der Waals surface area contributed by atoms with E-state index in [9.17, 15) is 14.0 Å². The summed E-state index contributed by atoms with van der Waals surface area (Å²) < 4.78 is 23.5. The molecule has 0 aliphatic heterocycles. The van der Waals surface area contributed by atoms with Gasteiger partial charge in [-0.1, -0.05) is 11.6 Å². The van der Waals surface area contributed by atoms with Gasteiger partial charge in [0.15, 0.2) is 16.8 Å². The Balaban J connectivity index is 2.30. The SMILES string of the molecule is CCOC(=O)CC(=O)c1cc(F)c(Cl)nc1Nc1ccc(OC)cc1. The lowest BCUT2D eigenvalue weighted by Crippen LogP contribution is -2.14. The highest BCUT2D eigenvalue weighted by Gasteiger charge is 2.20. The molecule has 132 valence electrons. The summed E-state index contributed by atoms with van der Waals surface area (Å²) in [6.07, 6.45) is -0.520. The lowest BCUT2D eigenvalue weighted by Gasteiger charge is -2.12. The molecule has 0 spiro atoms. The quantitative estimate of drug-likeness (QED) is 0.348. The number of carbonyl (C=O) groups is 2. The highest BCUT2D eigenvalue weighted by molar-refractivity contribution is 6.29. The number of Topliss-reactive ketones (excluding diaryl/α,β-unsaturated/α-hetero) is 1. The molecule has 2 aromatic rings. The molecule has 0 amide bonds. The summed E-state index contributed by atoms with van der Waals surface area (Å²) in [6, 6.07) is 7.73. The fraction of sp³-hybridized carbons (Fsp3) is 0.235. The highest BCUT2D eigenvalue weighted by atomic mass is 35.5. The summed E-state index contributed by atoms with van der Waals surface area (Å²) in [6.45, 7) is 1.78. The smallest absolute Gasteiger partial charge is 0.313 e. The monoisotopic (exact) mass is 366 g/mol. The zero-order valence-electron chi connectivity index (χ0n) is 13.6. The van der Waals surface area contributed by atoms with Gasteiger partial charge in [0.25, 0.3) is 0 Å². The number of rotatable bonds is 7. The van der Waals surface area contributed by atoms with Crippen molar-refractivity contribution in [3.63, 3.8) is 0 Å². The van der Waals surface area contributed by atoms with Crippen LogP contribution in [-0.2, 0) is 9.53 Å². The summed E-state index contributed by atoms with van der Waals surface area (Å²) in [4.78, 5) is 27.7. The summed E-state index contributed by atoms with van der Waals surface area (Å²) in [5.41, 5.74) is 0.493. The molecule has 1 aromatic carbocycles. The van der Waals surface area contributed by atoms with Crippen LogP contribution in [0.4, 0.5) is 15.9 Å². The maximum absolute atomic E-state index is 13.7. The number of hydrogen-bond acceptors (Lipinski definition) is 6. The van der Waals surface area contributed by atoms with E-state index in [1.54, 1.807) is 31.2 Å². The second kappa shape index (κ2) is 8.43. The zero-order chi connectivity index (χ0) is 18.4. The standard InChI is InChI=1S/C17H16ClFN2O4/c1-3-25-15(23)9-14(22)12-8-13(19)16(18)21-17(12)20-10-4-6-11(24-2)7-5-10/h4-8H,3,9H2,1-2H3,(H,20,21). The summed E-state index contributed by atoms with van der Waals surface area (Å²) in [5.74, 6) is -1.48. The number of anilines is 2. The van der Waals surface area contributed by atoms with Gasteiger partial charge in [-0.15, -0.1) is 0 Å². The molecule has 6 nitrogen and oxygen atoms in total. The Bertz CT molecular complexity index is 781. The molecular formula is C17H16ClFN2O4. The number of ketones is 1. The first-order valence-corrected chi connectivity index (χ1v) is 7.78. The Labute approximate surface area is 148 Å². The van der Waals surface area contributed by atoms with Gasteiger partial charge in [0, 0.05) is 5.69 Å². The lowest BCUT2D eigenvalue weighted by molar-refractivity contribution is -0.141. The van der Waals surface area contributed by atoms with Gasteiger partial charge in [-0.2, -0.15) is 0 Å². The van der Waals surface area contributed by atoms with Crippen molar-refractivity contribution in [2.24, 2.45) is 0 Å². The van der Waals surface area contributed by atoms with Gasteiger partial charge in [-0.25, -0.2) is 9.37 Å². The molecule has 8 heteroatoms. The van der Waals surface area contributed by atoms with E-state index in [1.807, 2.05) is 0 Å². The van der Waals surface area contributed by atoms with Crippen LogP contribution in [0.1, 0.15) is 23.7 Å². The summed E-state index contributed by atoms with van der Waals surface area (Å²) in [7, 11) is 1.54. The fourth-order valence-electron chi connectivity index (χ4n) is 2.02. The third-order valence-corrected chi connectivity index (χ3v) is 3.46. The number of hydrogen-bond donors (Lipinski definition) is 1. The molecule has 25 heavy (non-hydrogen) atoms. The molecule has 0 saturated heterocycles. The summed E-state index contributed by atoms with van der Waals surface area (Å²) >= 11 is 5.71. The Morgan fingerprint density at radius 1 is 1.28 bits per heavy atom. The van der Waals surface area contributed by atoms with Crippen LogP contribution >= 0.6 is 11.6 Å². The van der Waals surface area contributed by atoms with E-state index in [4.69, 9.17) is 21.1 Å². The molecule has 0 radical (unpaired) electrons. The number of halogens is 2. The van der Waals surface area contributed by atoms with Gasteiger partial charge >= 0.3 is 5.97 Å². The van der Waals surface area contributed by atoms with Gasteiger partial charge in [-0.05, 0) is 37.3 Å². The third kappa shape index (κ3) is 4.90. The Morgan fingerprint density at radius 3 is 2.56 bits per heavy atom. The van der Waals surface area contributed by atoms with Crippen LogP contribution in [-0.4, -0.2) is 30.5 Å². The number of ether oxygens (including phenoxy) is 2. The minimum absolute atomic E-state index is 0.0471. The Kier molecular flexibility index (Phi) is 6.30. The van der Waals surface area contributed by atoms with E-state index in [-0.39, 0.29) is 23.1 Å². The molecule has 2 rings (SSSR count). The van der Waals surface area contributed by atoms with Gasteiger partial charge in [0.1, 0.15) is 18.0 Å². The van der Waals surface area contributed by atoms with E-state index in [0.29, 0.717) is 11.4 Å². The topological polar surface area (TPSA) is 77.5 Å². The van der Waals surface area contributed by atoms with Crippen LogP contribution in [0.3, 0.4) is 0 Å². The molecule has 0 fully saturated rings. The van der Waals surface area contributed by atoms with Crippen LogP contribution in [0.2, 0.25) is 5.15 Å². The largest absolute Gasteiger partial charge is 0.497 e. The van der Waals surface area contributed by atoms with Crippen molar-refractivity contribution in [3.8, 4) is 5.75 Å². The van der Waals surface area contributed by atoms with Gasteiger partial charge in [0.05, 0.1) is 19.3 Å². The van der Waals surface area contributed by atoms with Gasteiger partial charge in [-0.3, -0.25) is 9.59 Å². The molecule has 0 aliphatic rings. The molecule has 0 atom stereocenters. The van der Waals surface area contributed by atoms with Crippen LogP contribution in [0.5, 0.6) is 5.75 Å². The predicted molar refractivity (Wildman–Crippen MR) is 91.1 cm³/mol. The van der Waals surface area contributed by atoms with Crippen LogP contribution in [0, 0.1) is 5.82 Å². The number of nitrogens with zero attached hydrogens (tertiary/aromatic N) is 1. The van der Waals surface area contributed by atoms with E-state index < -0.39 is 24.0 Å². The van der Waals surface area contributed by atoms with Crippen molar-refractivity contribution in [1.29, 1.82) is 0 Å². The lowest BCUT2D eigenvalue weighted by atomic mass is 10.1. The molecule has 1 heterocycles. The molecule has 0 saturated carbocycles. The third-order valence-electron chi connectivity index (χ3n) is 3.20. The van der Waals surface area contributed by atoms with Crippen molar-refractivity contribution in [2.75, 3.05) is 19.0 Å². The second-order valence-corrected chi connectivity index (χ2v) is 5.27. The minimum Gasteiger partial charge on any atom is -0.497 e. The van der Waals surface area contributed by atoms with E-state index in [0.717, 1.165) is 6.07 Å². The normalized spacial score (nSPS) is 10.2. The van der Waals surface area contributed by atoms with Crippen molar-refractivity contribution in [2.45, 2.75) is 13.3 Å². The maximum atomic E-state index is 13.7. The first-order valence-electron chi connectivity index (χ1n) is 7.40. The average molecular weight is 367 g/mol. The zero-order valence-corrected chi connectivity index (χ0v) is 14.4. The highest BCUT2D eigenvalue weighted by Crippen LogP contribution is 2.26. The van der Waals surface area contributed by atoms with Crippen molar-refractivity contribution < 1.29 is 23.5 Å². The number of pyridine rings is 1. The molecule has 1 N–H and O–H groups in total. The van der Waals surface area contributed by atoms with Crippen molar-refractivity contribution in [3.05, 3.63) is 46.9 Å². The number of carbonyl (C=O) groups excluding carboxylic acids is 2. The minimum atomic E-state index is -0.853. The predicted octanol–water partition coefficient (Wildman–Crippen LogP) is 3.76. The van der Waals surface area contributed by atoms with Gasteiger partial charge < -0.3 is 14.8 Å². The van der Waals surface area contributed by atoms with Gasteiger partial charge in [0.2, 0.25) is 0 Å². The van der Waals surface area contributed by atoms with E-state index in [2.05, 4.69) is 10.3 Å². The number of methoxy groups -OCH3 is 1. The van der Waals surface area contributed by atoms with Crippen molar-refractivity contribution in [1.82, 2.24) is 4.98 Å². The fourth-order valence-corrected chi connectivity index (χ4v) is 2.16. The number of aromatic nitrogens is 1. The number of benzene rings is 1. The van der Waals surface area contributed by atoms with Crippen LogP contribution < -0.4 is 10.1 Å². The van der Waals surface area contributed by atoms with Crippen LogP contribution in [0.15, 0.2) is 30.3 Å². The number of esters is 1. The molecular weight excluding hydrogens is 351 g/mol. The second-order valence-electron chi connectivity index (χ2n) is 4.92. The summed E-state index contributed by atoms with van der Waals surface area (Å²) in [5, 5.41) is 2.50. The van der Waals surface area contributed by atoms with E-state index in [1.165, 1.54) is 7.11 Å². The maximum Gasteiger partial charge on any atom is 0.313 e. The Morgan fingerprint density at radius 2 is 1.96 bits per heavy atom. The van der Waals surface area contributed by atoms with Crippen LogP contribution in [0.25, 0.3) is 0 Å². The Hall–Kier alpha value is -2.67. The molecule has 0 aliphatic carbocycles. The first-order chi connectivity index (χ1) is 11.9. The van der Waals surface area contributed by atoms with Crippen molar-refractivity contribution >= 4 is 34.9 Å². The number of nitrogens with one attached hydrogen (secondary N) is 1. The molecule has 0 unspecified atom stereocenters. The average Bonchev–Trinajstić information content (AvgIpc) is 2.58.